The van der Waals surface area contributed by atoms with E-state index >= 15 is 0 Å². The van der Waals surface area contributed by atoms with Crippen LogP contribution in [0.3, 0.4) is 0 Å². The van der Waals surface area contributed by atoms with Gasteiger partial charge in [-0.1, -0.05) is 6.08 Å². The summed E-state index contributed by atoms with van der Waals surface area (Å²) in [4.78, 5) is 44.8. The Bertz CT molecular complexity index is 1900. The SMILES string of the molecule is Cc1c2c([nH]c(=O)/c1=C/C=Cc1c(C)c3c([O-])n(C4CC(Cl)CCC4Cl)nc3[nH]c1=O)=NN(C1CC(Cl)CCC1Cl)C2=O. The molecular formula is C29H29Cl4N6O4-. The molecule has 228 valence electrons. The quantitative estimate of drug-likeness (QED) is 0.412. The van der Waals surface area contributed by atoms with Gasteiger partial charge in [0.05, 0.1) is 28.4 Å². The first kappa shape index (κ1) is 30.2. The maximum Gasteiger partial charge on any atom is 0.278 e. The third kappa shape index (κ3) is 5.30. The highest BCUT2D eigenvalue weighted by Crippen LogP contribution is 2.39. The molecule has 0 radical (unpaired) electrons. The average Bonchev–Trinajstić information content (AvgIpc) is 3.46. The number of nitrogens with zero attached hydrogens (tertiary/aromatic N) is 4. The summed E-state index contributed by atoms with van der Waals surface area (Å²) in [6, 6.07) is -0.754. The van der Waals surface area contributed by atoms with Gasteiger partial charge in [0, 0.05) is 26.9 Å². The summed E-state index contributed by atoms with van der Waals surface area (Å²) in [7, 11) is 0. The van der Waals surface area contributed by atoms with Crippen LogP contribution in [0.15, 0.2) is 20.8 Å². The average molecular weight is 667 g/mol. The fraction of sp³-hybridized carbons (Fsp3) is 0.483. The molecule has 0 spiro atoms. The summed E-state index contributed by atoms with van der Waals surface area (Å²) < 4.78 is 1.34. The molecule has 43 heavy (non-hydrogen) atoms. The van der Waals surface area contributed by atoms with Crippen LogP contribution in [0.25, 0.3) is 23.2 Å². The fourth-order valence-electron chi connectivity index (χ4n) is 6.37. The minimum Gasteiger partial charge on any atom is -0.858 e. The van der Waals surface area contributed by atoms with Crippen molar-refractivity contribution in [1.82, 2.24) is 24.8 Å². The molecule has 1 aliphatic heterocycles. The minimum atomic E-state index is -0.439. The zero-order chi connectivity index (χ0) is 30.7. The summed E-state index contributed by atoms with van der Waals surface area (Å²) in [6.07, 6.45) is 8.45. The van der Waals surface area contributed by atoms with Crippen LogP contribution in [0, 0.1) is 13.8 Å². The number of halogens is 4. The molecule has 4 heterocycles. The summed E-state index contributed by atoms with van der Waals surface area (Å²) in [5, 5.41) is 23.2. The van der Waals surface area contributed by atoms with Crippen LogP contribution in [-0.4, -0.2) is 58.2 Å². The number of amides is 1. The normalized spacial score (nSPS) is 28.2. The molecule has 10 nitrogen and oxygen atoms in total. The van der Waals surface area contributed by atoms with Gasteiger partial charge in [0.25, 0.3) is 17.0 Å². The molecule has 6 unspecified atom stereocenters. The van der Waals surface area contributed by atoms with Gasteiger partial charge in [-0.2, -0.15) is 10.2 Å². The number of hydrogen-bond acceptors (Lipinski definition) is 6. The zero-order valence-electron chi connectivity index (χ0n) is 23.4. The number of allylic oxidation sites excluding steroid dienone is 1. The van der Waals surface area contributed by atoms with Crippen molar-refractivity contribution in [2.45, 2.75) is 86.0 Å². The first-order valence-electron chi connectivity index (χ1n) is 14.2. The minimum absolute atomic E-state index is 0.110. The van der Waals surface area contributed by atoms with Gasteiger partial charge in [0.2, 0.25) is 0 Å². The van der Waals surface area contributed by atoms with Gasteiger partial charge in [0.15, 0.2) is 11.1 Å². The van der Waals surface area contributed by atoms with Crippen molar-refractivity contribution in [3.05, 3.63) is 59.7 Å². The first-order valence-corrected chi connectivity index (χ1v) is 15.9. The molecule has 3 aromatic heterocycles. The lowest BCUT2D eigenvalue weighted by atomic mass is 9.93. The number of aromatic amines is 2. The van der Waals surface area contributed by atoms with Crippen molar-refractivity contribution in [2.24, 2.45) is 5.10 Å². The van der Waals surface area contributed by atoms with E-state index in [1.807, 2.05) is 0 Å². The van der Waals surface area contributed by atoms with Crippen molar-refractivity contribution < 1.29 is 9.90 Å². The number of H-pyrrole nitrogens is 2. The molecule has 0 saturated heterocycles. The molecule has 2 fully saturated rings. The third-order valence-electron chi connectivity index (χ3n) is 8.74. The number of rotatable bonds is 4. The first-order chi connectivity index (χ1) is 20.5. The highest BCUT2D eigenvalue weighted by atomic mass is 35.5. The summed E-state index contributed by atoms with van der Waals surface area (Å²) >= 11 is 25.7. The fourth-order valence-corrected chi connectivity index (χ4v) is 7.65. The van der Waals surface area contributed by atoms with E-state index in [0.29, 0.717) is 36.8 Å². The van der Waals surface area contributed by atoms with Crippen LogP contribution < -0.4 is 26.9 Å². The van der Waals surface area contributed by atoms with E-state index in [0.717, 1.165) is 12.8 Å². The number of fused-ring (bicyclic) bond motifs is 2. The van der Waals surface area contributed by atoms with Crippen LogP contribution in [0.5, 0.6) is 5.88 Å². The molecular weight excluding hydrogens is 638 g/mol. The predicted octanol–water partition coefficient (Wildman–Crippen LogP) is 3.29. The van der Waals surface area contributed by atoms with Gasteiger partial charge in [-0.05, 0) is 81.5 Å². The van der Waals surface area contributed by atoms with Gasteiger partial charge >= 0.3 is 0 Å². The Morgan fingerprint density at radius 2 is 1.53 bits per heavy atom. The summed E-state index contributed by atoms with van der Waals surface area (Å²) in [5.41, 5.74) is 0.932. The molecule has 0 bridgehead atoms. The molecule has 0 aromatic carbocycles. The maximum absolute atomic E-state index is 13.4. The van der Waals surface area contributed by atoms with Gasteiger partial charge in [0.1, 0.15) is 0 Å². The van der Waals surface area contributed by atoms with E-state index in [9.17, 15) is 19.5 Å². The van der Waals surface area contributed by atoms with E-state index in [4.69, 9.17) is 46.4 Å². The molecule has 1 amide bonds. The summed E-state index contributed by atoms with van der Waals surface area (Å²) in [5.74, 6) is -0.696. The molecule has 2 saturated carbocycles. The number of hydrogen-bond donors (Lipinski definition) is 2. The number of nitrogens with one attached hydrogen (secondary N) is 2. The van der Waals surface area contributed by atoms with Crippen molar-refractivity contribution in [1.29, 1.82) is 0 Å². The number of carbonyl (C=O) groups excluding carboxylic acids is 1. The van der Waals surface area contributed by atoms with E-state index in [1.54, 1.807) is 19.9 Å². The zero-order valence-corrected chi connectivity index (χ0v) is 26.4. The second-order valence-electron chi connectivity index (χ2n) is 11.4. The van der Waals surface area contributed by atoms with E-state index in [1.165, 1.54) is 21.8 Å². The summed E-state index contributed by atoms with van der Waals surface area (Å²) in [6.45, 7) is 3.36. The third-order valence-corrected chi connectivity index (χ3v) is 10.5. The lowest BCUT2D eigenvalue weighted by molar-refractivity contribution is -0.278. The molecule has 2 N–H and O–H groups in total. The standard InChI is InChI=1S/C29H30Cl4N6O4/c1-12-16(26(40)34-24-22(12)28(42)38(36-24)20-10-14(30)6-8-18(20)32)4-3-5-17-13(2)23-25(35-27(17)41)37-39(29(23)43)21-11-15(31)7-9-19(21)33/h3-5,14-15,18-21,42H,6-11H2,1-2H3,(H,34,36,40)(H,35,37,41)/p-1/b4-3?,17-5+. The number of aromatic nitrogens is 4. The van der Waals surface area contributed by atoms with Crippen molar-refractivity contribution in [3.63, 3.8) is 0 Å². The Morgan fingerprint density at radius 3 is 2.23 bits per heavy atom. The van der Waals surface area contributed by atoms with Crippen molar-refractivity contribution >= 4 is 75.5 Å². The Balaban J connectivity index is 1.34. The number of carbonyl (C=O) groups is 1. The van der Waals surface area contributed by atoms with Crippen LogP contribution in [-0.2, 0) is 0 Å². The topological polar surface area (TPSA) is 139 Å². The molecule has 6 atom stereocenters. The lowest BCUT2D eigenvalue weighted by Crippen LogP contribution is -2.44. The van der Waals surface area contributed by atoms with Crippen LogP contribution in [0.1, 0.15) is 71.6 Å². The van der Waals surface area contributed by atoms with Gasteiger partial charge in [-0.25, -0.2) is 5.01 Å². The number of pyridine rings is 2. The Labute approximate surface area is 266 Å². The second-order valence-corrected chi connectivity index (χ2v) is 13.8. The van der Waals surface area contributed by atoms with Crippen LogP contribution >= 0.6 is 46.4 Å². The Hall–Kier alpha value is -2.79. The molecule has 2 aliphatic carbocycles. The van der Waals surface area contributed by atoms with Gasteiger partial charge in [-0.3, -0.25) is 19.1 Å². The van der Waals surface area contributed by atoms with Crippen LogP contribution in [0.2, 0.25) is 0 Å². The Morgan fingerprint density at radius 1 is 0.884 bits per heavy atom. The van der Waals surface area contributed by atoms with E-state index in [-0.39, 0.29) is 78.2 Å². The second kappa shape index (κ2) is 11.6. The highest BCUT2D eigenvalue weighted by molar-refractivity contribution is 6.23. The van der Waals surface area contributed by atoms with Crippen LogP contribution in [0.4, 0.5) is 0 Å². The molecule has 6 rings (SSSR count). The van der Waals surface area contributed by atoms with Crippen molar-refractivity contribution in [2.75, 3.05) is 0 Å². The predicted molar refractivity (Wildman–Crippen MR) is 166 cm³/mol. The molecule has 3 aliphatic rings. The maximum atomic E-state index is 13.4. The largest absolute Gasteiger partial charge is 0.858 e. The van der Waals surface area contributed by atoms with E-state index in [2.05, 4.69) is 20.2 Å². The molecule has 3 aromatic rings. The van der Waals surface area contributed by atoms with E-state index < -0.39 is 11.1 Å². The monoisotopic (exact) mass is 665 g/mol. The Kier molecular flexibility index (Phi) is 8.17. The lowest BCUT2D eigenvalue weighted by Gasteiger charge is -2.34. The molecule has 14 heteroatoms. The van der Waals surface area contributed by atoms with Crippen molar-refractivity contribution in [3.8, 4) is 5.88 Å². The number of aryl methyl sites for hydroxylation is 1. The smallest absolute Gasteiger partial charge is 0.278 e. The number of alkyl halides is 4. The van der Waals surface area contributed by atoms with Gasteiger partial charge in [-0.15, -0.1) is 46.4 Å². The highest BCUT2D eigenvalue weighted by Gasteiger charge is 2.39. The van der Waals surface area contributed by atoms with Gasteiger partial charge < -0.3 is 15.1 Å².